The Balaban J connectivity index is 2.16. The Morgan fingerprint density at radius 1 is 1.04 bits per heavy atom. The van der Waals surface area contributed by atoms with Crippen molar-refractivity contribution in [2.24, 2.45) is 0 Å². The summed E-state index contributed by atoms with van der Waals surface area (Å²) in [5.41, 5.74) is 3.11. The zero-order valence-corrected chi connectivity index (χ0v) is 16.6. The maximum Gasteiger partial charge on any atom is 0.242 e. The van der Waals surface area contributed by atoms with Crippen LogP contribution in [0.4, 0.5) is 0 Å². The lowest BCUT2D eigenvalue weighted by Crippen LogP contribution is -2.48. The molecule has 4 nitrogen and oxygen atoms in total. The first-order chi connectivity index (χ1) is 13.0. The molecule has 0 bridgehead atoms. The van der Waals surface area contributed by atoms with Crippen LogP contribution in [-0.2, 0) is 22.6 Å². The predicted molar refractivity (Wildman–Crippen MR) is 109 cm³/mol. The molecule has 4 heteroatoms. The lowest BCUT2D eigenvalue weighted by molar-refractivity contribution is -0.140. The van der Waals surface area contributed by atoms with Crippen molar-refractivity contribution in [2.75, 3.05) is 6.54 Å². The van der Waals surface area contributed by atoms with Crippen LogP contribution in [0, 0.1) is 6.92 Å². The van der Waals surface area contributed by atoms with Gasteiger partial charge in [-0.05, 0) is 37.0 Å². The molecule has 0 spiro atoms. The highest BCUT2D eigenvalue weighted by Crippen LogP contribution is 2.14. The molecule has 0 aliphatic carbocycles. The van der Waals surface area contributed by atoms with E-state index in [1.165, 1.54) is 0 Å². The van der Waals surface area contributed by atoms with Gasteiger partial charge in [0.05, 0.1) is 6.42 Å². The highest BCUT2D eigenvalue weighted by Gasteiger charge is 2.26. The van der Waals surface area contributed by atoms with Gasteiger partial charge in [-0.3, -0.25) is 9.59 Å². The standard InChI is InChI=1S/C23H30N2O2/c1-4-5-15-24-23(27)19(3)25(17-20-12-7-6-8-13-20)22(26)16-21-14-10-9-11-18(21)2/h6-14,19H,4-5,15-17H2,1-3H3,(H,24,27)/t19-/m1/s1. The third-order valence-corrected chi connectivity index (χ3v) is 4.80. The number of carbonyl (C=O) groups is 2. The molecule has 0 saturated carbocycles. The zero-order valence-electron chi connectivity index (χ0n) is 16.6. The van der Waals surface area contributed by atoms with E-state index >= 15 is 0 Å². The van der Waals surface area contributed by atoms with Crippen molar-refractivity contribution >= 4 is 11.8 Å². The summed E-state index contributed by atoms with van der Waals surface area (Å²) >= 11 is 0. The van der Waals surface area contributed by atoms with Gasteiger partial charge in [0, 0.05) is 13.1 Å². The molecule has 0 unspecified atom stereocenters. The van der Waals surface area contributed by atoms with Gasteiger partial charge in [0.1, 0.15) is 6.04 Å². The number of aryl methyl sites for hydroxylation is 1. The van der Waals surface area contributed by atoms with Crippen LogP contribution >= 0.6 is 0 Å². The fraction of sp³-hybridized carbons (Fsp3) is 0.391. The number of hydrogen-bond donors (Lipinski definition) is 1. The summed E-state index contributed by atoms with van der Waals surface area (Å²) < 4.78 is 0. The number of nitrogens with zero attached hydrogens (tertiary/aromatic N) is 1. The van der Waals surface area contributed by atoms with Crippen LogP contribution in [-0.4, -0.2) is 29.3 Å². The summed E-state index contributed by atoms with van der Waals surface area (Å²) in [5, 5.41) is 2.95. The van der Waals surface area contributed by atoms with Gasteiger partial charge in [0.15, 0.2) is 0 Å². The van der Waals surface area contributed by atoms with Crippen LogP contribution < -0.4 is 5.32 Å². The van der Waals surface area contributed by atoms with Gasteiger partial charge in [-0.2, -0.15) is 0 Å². The monoisotopic (exact) mass is 366 g/mol. The number of rotatable bonds is 9. The molecule has 0 fully saturated rings. The highest BCUT2D eigenvalue weighted by atomic mass is 16.2. The van der Waals surface area contributed by atoms with E-state index < -0.39 is 6.04 Å². The molecule has 0 saturated heterocycles. The number of amides is 2. The second-order valence-electron chi connectivity index (χ2n) is 6.93. The first-order valence-corrected chi connectivity index (χ1v) is 9.68. The quantitative estimate of drug-likeness (QED) is 0.685. The molecule has 2 rings (SSSR count). The number of carbonyl (C=O) groups excluding carboxylic acids is 2. The molecule has 27 heavy (non-hydrogen) atoms. The Kier molecular flexibility index (Phi) is 8.05. The zero-order chi connectivity index (χ0) is 19.6. The summed E-state index contributed by atoms with van der Waals surface area (Å²) in [6, 6.07) is 17.2. The average molecular weight is 367 g/mol. The van der Waals surface area contributed by atoms with Crippen LogP contribution in [0.3, 0.4) is 0 Å². The third kappa shape index (κ3) is 6.24. The minimum absolute atomic E-state index is 0.0358. The molecule has 0 radical (unpaired) electrons. The van der Waals surface area contributed by atoms with Crippen LogP contribution in [0.5, 0.6) is 0 Å². The Bertz CT molecular complexity index is 743. The van der Waals surface area contributed by atoms with Gasteiger partial charge in [0.2, 0.25) is 11.8 Å². The van der Waals surface area contributed by atoms with E-state index in [0.717, 1.165) is 29.5 Å². The second-order valence-corrected chi connectivity index (χ2v) is 6.93. The first-order valence-electron chi connectivity index (χ1n) is 9.68. The maximum atomic E-state index is 13.1. The van der Waals surface area contributed by atoms with Gasteiger partial charge in [-0.1, -0.05) is 67.9 Å². The van der Waals surface area contributed by atoms with E-state index in [4.69, 9.17) is 0 Å². The number of nitrogens with one attached hydrogen (secondary N) is 1. The minimum atomic E-state index is -0.515. The number of hydrogen-bond acceptors (Lipinski definition) is 2. The number of benzene rings is 2. The maximum absolute atomic E-state index is 13.1. The minimum Gasteiger partial charge on any atom is -0.354 e. The Morgan fingerprint density at radius 3 is 2.37 bits per heavy atom. The molecular weight excluding hydrogens is 336 g/mol. The Morgan fingerprint density at radius 2 is 1.70 bits per heavy atom. The van der Waals surface area contributed by atoms with Crippen LogP contribution in [0.2, 0.25) is 0 Å². The average Bonchev–Trinajstić information content (AvgIpc) is 2.68. The lowest BCUT2D eigenvalue weighted by Gasteiger charge is -2.29. The van der Waals surface area contributed by atoms with Gasteiger partial charge in [-0.25, -0.2) is 0 Å². The largest absolute Gasteiger partial charge is 0.354 e. The van der Waals surface area contributed by atoms with E-state index in [1.54, 1.807) is 11.8 Å². The van der Waals surface area contributed by atoms with Gasteiger partial charge in [-0.15, -0.1) is 0 Å². The van der Waals surface area contributed by atoms with Crippen molar-refractivity contribution in [2.45, 2.75) is 52.6 Å². The first kappa shape index (κ1) is 20.7. The van der Waals surface area contributed by atoms with Crippen molar-refractivity contribution in [3.05, 3.63) is 71.3 Å². The molecule has 0 heterocycles. The summed E-state index contributed by atoms with van der Waals surface area (Å²) in [5.74, 6) is -0.135. The van der Waals surface area contributed by atoms with E-state index in [-0.39, 0.29) is 11.8 Å². The van der Waals surface area contributed by atoms with Crippen molar-refractivity contribution in [1.29, 1.82) is 0 Å². The van der Waals surface area contributed by atoms with Crippen LogP contribution in [0.25, 0.3) is 0 Å². The normalized spacial score (nSPS) is 11.7. The Hall–Kier alpha value is -2.62. The van der Waals surface area contributed by atoms with Crippen molar-refractivity contribution in [3.8, 4) is 0 Å². The molecule has 144 valence electrons. The predicted octanol–water partition coefficient (Wildman–Crippen LogP) is 3.87. The fourth-order valence-corrected chi connectivity index (χ4v) is 2.97. The smallest absolute Gasteiger partial charge is 0.242 e. The summed E-state index contributed by atoms with van der Waals surface area (Å²) in [6.07, 6.45) is 2.26. The van der Waals surface area contributed by atoms with Crippen molar-refractivity contribution < 1.29 is 9.59 Å². The fourth-order valence-electron chi connectivity index (χ4n) is 2.97. The van der Waals surface area contributed by atoms with Gasteiger partial charge in [0.25, 0.3) is 0 Å². The highest BCUT2D eigenvalue weighted by molar-refractivity contribution is 5.88. The Labute approximate surface area is 162 Å². The van der Waals surface area contributed by atoms with Crippen LogP contribution in [0.15, 0.2) is 54.6 Å². The molecule has 2 aromatic rings. The summed E-state index contributed by atoms with van der Waals surface area (Å²) in [6.45, 7) is 6.97. The van der Waals surface area contributed by atoms with Gasteiger partial charge < -0.3 is 10.2 Å². The van der Waals surface area contributed by atoms with E-state index in [9.17, 15) is 9.59 Å². The molecule has 0 aliphatic heterocycles. The SMILES string of the molecule is CCCCNC(=O)[C@@H](C)N(Cc1ccccc1)C(=O)Cc1ccccc1C. The molecule has 2 amide bonds. The molecule has 0 aliphatic rings. The topological polar surface area (TPSA) is 49.4 Å². The summed E-state index contributed by atoms with van der Waals surface area (Å²) in [7, 11) is 0. The van der Waals surface area contributed by atoms with Crippen molar-refractivity contribution in [3.63, 3.8) is 0 Å². The molecule has 2 aromatic carbocycles. The van der Waals surface area contributed by atoms with Gasteiger partial charge >= 0.3 is 0 Å². The molecule has 0 aromatic heterocycles. The summed E-state index contributed by atoms with van der Waals surface area (Å²) in [4.78, 5) is 27.3. The molecule has 1 N–H and O–H groups in total. The molecular formula is C23H30N2O2. The van der Waals surface area contributed by atoms with E-state index in [1.807, 2.05) is 61.5 Å². The third-order valence-electron chi connectivity index (χ3n) is 4.80. The van der Waals surface area contributed by atoms with E-state index in [2.05, 4.69) is 12.2 Å². The van der Waals surface area contributed by atoms with E-state index in [0.29, 0.717) is 19.5 Å². The molecule has 1 atom stereocenters. The van der Waals surface area contributed by atoms with Crippen LogP contribution in [0.1, 0.15) is 43.4 Å². The number of unbranched alkanes of at least 4 members (excludes halogenated alkanes) is 1. The lowest BCUT2D eigenvalue weighted by atomic mass is 10.0. The van der Waals surface area contributed by atoms with Crippen molar-refractivity contribution in [1.82, 2.24) is 10.2 Å². The second kappa shape index (κ2) is 10.5.